The van der Waals surface area contributed by atoms with E-state index in [1.807, 2.05) is 0 Å². The largest absolute Gasteiger partial charge is 0.444 e. The van der Waals surface area contributed by atoms with Crippen molar-refractivity contribution in [3.05, 3.63) is 0 Å². The Kier molecular flexibility index (Phi) is 4.97. The van der Waals surface area contributed by atoms with E-state index in [1.165, 1.54) is 4.90 Å². The Bertz CT molecular complexity index is 332. The molecule has 0 spiro atoms. The average Bonchev–Trinajstić information content (AvgIpc) is 2.25. The third kappa shape index (κ3) is 4.53. The maximum atomic E-state index is 13.8. The zero-order valence-corrected chi connectivity index (χ0v) is 11.1. The molecule has 1 aliphatic rings. The molecule has 0 radical (unpaired) electrons. The monoisotopic (exact) mass is 257 g/mol. The first-order valence-electron chi connectivity index (χ1n) is 6.00. The highest BCUT2D eigenvalue weighted by molar-refractivity contribution is 5.68. The van der Waals surface area contributed by atoms with E-state index in [1.54, 1.807) is 20.8 Å². The minimum absolute atomic E-state index is 0.00977. The number of ether oxygens (including phenoxy) is 2. The van der Waals surface area contributed by atoms with Crippen LogP contribution < -0.4 is 0 Å². The Morgan fingerprint density at radius 3 is 2.72 bits per heavy atom. The first kappa shape index (κ1) is 14.8. The van der Waals surface area contributed by atoms with Gasteiger partial charge in [0.15, 0.2) is 0 Å². The van der Waals surface area contributed by atoms with Crippen molar-refractivity contribution >= 4 is 6.09 Å². The fraction of sp³-hybridized carbons (Fsp3) is 0.769. The van der Waals surface area contributed by atoms with Gasteiger partial charge in [-0.1, -0.05) is 5.92 Å². The summed E-state index contributed by atoms with van der Waals surface area (Å²) in [5.41, 5.74) is -0.570. The molecule has 1 amide bonds. The fourth-order valence-electron chi connectivity index (χ4n) is 1.72. The number of hydrogen-bond acceptors (Lipinski definition) is 3. The lowest BCUT2D eigenvalue weighted by Gasteiger charge is -2.35. The number of carbonyl (C=O) groups is 1. The standard InChI is InChI=1S/C13H20FNO3/c1-5-8-17-11-6-7-15(9-10(11)14)12(16)18-13(2,3)4/h1,10-11H,6-9H2,2-4H3/t10-,11-/m1/s1. The van der Waals surface area contributed by atoms with Crippen LogP contribution in [-0.2, 0) is 9.47 Å². The van der Waals surface area contributed by atoms with E-state index < -0.39 is 24.0 Å². The Balaban J connectivity index is 2.45. The maximum Gasteiger partial charge on any atom is 0.410 e. The number of terminal acetylenes is 1. The van der Waals surface area contributed by atoms with Crippen molar-refractivity contribution in [2.24, 2.45) is 0 Å². The van der Waals surface area contributed by atoms with Gasteiger partial charge in [0.25, 0.3) is 0 Å². The number of amides is 1. The molecule has 1 aliphatic heterocycles. The van der Waals surface area contributed by atoms with Crippen LogP contribution in [0.5, 0.6) is 0 Å². The van der Waals surface area contributed by atoms with Crippen LogP contribution in [0.1, 0.15) is 27.2 Å². The fourth-order valence-corrected chi connectivity index (χ4v) is 1.72. The number of nitrogens with zero attached hydrogens (tertiary/aromatic N) is 1. The molecule has 2 atom stereocenters. The molecular formula is C13H20FNO3. The van der Waals surface area contributed by atoms with Gasteiger partial charge >= 0.3 is 6.09 Å². The smallest absolute Gasteiger partial charge is 0.410 e. The van der Waals surface area contributed by atoms with Crippen LogP contribution in [-0.4, -0.2) is 48.6 Å². The third-order valence-corrected chi connectivity index (χ3v) is 2.51. The zero-order chi connectivity index (χ0) is 13.8. The number of carbonyl (C=O) groups excluding carboxylic acids is 1. The van der Waals surface area contributed by atoms with Gasteiger partial charge in [-0.3, -0.25) is 0 Å². The Morgan fingerprint density at radius 1 is 1.56 bits per heavy atom. The van der Waals surface area contributed by atoms with Gasteiger partial charge in [0.2, 0.25) is 0 Å². The predicted molar refractivity (Wildman–Crippen MR) is 65.9 cm³/mol. The average molecular weight is 257 g/mol. The molecule has 0 saturated carbocycles. The van der Waals surface area contributed by atoms with Crippen molar-refractivity contribution < 1.29 is 18.7 Å². The quantitative estimate of drug-likeness (QED) is 0.710. The molecule has 0 bridgehead atoms. The minimum Gasteiger partial charge on any atom is -0.444 e. The highest BCUT2D eigenvalue weighted by Gasteiger charge is 2.33. The summed E-state index contributed by atoms with van der Waals surface area (Å²) in [6.07, 6.45) is 3.25. The summed E-state index contributed by atoms with van der Waals surface area (Å²) in [6, 6.07) is 0. The number of alkyl halides is 1. The topological polar surface area (TPSA) is 38.8 Å². The lowest BCUT2D eigenvalue weighted by molar-refractivity contribution is -0.0423. The highest BCUT2D eigenvalue weighted by Crippen LogP contribution is 2.19. The second-order valence-corrected chi connectivity index (χ2v) is 5.28. The normalized spacial score (nSPS) is 24.5. The summed E-state index contributed by atoms with van der Waals surface area (Å²) in [5.74, 6) is 2.31. The number of hydrogen-bond donors (Lipinski definition) is 0. The van der Waals surface area contributed by atoms with Crippen molar-refractivity contribution in [3.8, 4) is 12.3 Å². The van der Waals surface area contributed by atoms with E-state index in [-0.39, 0.29) is 13.2 Å². The van der Waals surface area contributed by atoms with Crippen molar-refractivity contribution in [3.63, 3.8) is 0 Å². The molecule has 1 heterocycles. The highest BCUT2D eigenvalue weighted by atomic mass is 19.1. The molecular weight excluding hydrogens is 237 g/mol. The molecule has 4 nitrogen and oxygen atoms in total. The summed E-state index contributed by atoms with van der Waals surface area (Å²) < 4.78 is 24.1. The van der Waals surface area contributed by atoms with Gasteiger partial charge in [-0.25, -0.2) is 9.18 Å². The van der Waals surface area contributed by atoms with Crippen molar-refractivity contribution in [1.29, 1.82) is 0 Å². The molecule has 0 aliphatic carbocycles. The lowest BCUT2D eigenvalue weighted by atomic mass is 10.1. The van der Waals surface area contributed by atoms with Crippen LogP contribution in [0.4, 0.5) is 9.18 Å². The van der Waals surface area contributed by atoms with Crippen molar-refractivity contribution in [2.45, 2.75) is 45.1 Å². The van der Waals surface area contributed by atoms with Crippen LogP contribution in [0.3, 0.4) is 0 Å². The van der Waals surface area contributed by atoms with E-state index in [4.69, 9.17) is 15.9 Å². The first-order chi connectivity index (χ1) is 8.33. The van der Waals surface area contributed by atoms with Crippen LogP contribution in [0.2, 0.25) is 0 Å². The van der Waals surface area contributed by atoms with Gasteiger partial charge in [-0.15, -0.1) is 6.42 Å². The Labute approximate surface area is 107 Å². The molecule has 0 unspecified atom stereocenters. The number of piperidine rings is 1. The summed E-state index contributed by atoms with van der Waals surface area (Å²) in [7, 11) is 0. The van der Waals surface area contributed by atoms with Gasteiger partial charge in [0.1, 0.15) is 18.4 Å². The molecule has 102 valence electrons. The van der Waals surface area contributed by atoms with E-state index in [0.29, 0.717) is 13.0 Å². The molecule has 5 heteroatoms. The molecule has 0 N–H and O–H groups in total. The van der Waals surface area contributed by atoms with E-state index in [0.717, 1.165) is 0 Å². The van der Waals surface area contributed by atoms with E-state index in [2.05, 4.69) is 5.92 Å². The van der Waals surface area contributed by atoms with Gasteiger partial charge in [-0.05, 0) is 27.2 Å². The minimum atomic E-state index is -1.22. The van der Waals surface area contributed by atoms with Gasteiger partial charge in [0.05, 0.1) is 12.6 Å². The Hall–Kier alpha value is -1.28. The summed E-state index contributed by atoms with van der Waals surface area (Å²) in [5, 5.41) is 0. The van der Waals surface area contributed by atoms with E-state index >= 15 is 0 Å². The van der Waals surface area contributed by atoms with E-state index in [9.17, 15) is 9.18 Å². The van der Waals surface area contributed by atoms with Crippen LogP contribution in [0, 0.1) is 12.3 Å². The molecule has 1 fully saturated rings. The van der Waals surface area contributed by atoms with Crippen LogP contribution in [0.15, 0.2) is 0 Å². The van der Waals surface area contributed by atoms with Gasteiger partial charge in [-0.2, -0.15) is 0 Å². The lowest BCUT2D eigenvalue weighted by Crippen LogP contribution is -2.49. The van der Waals surface area contributed by atoms with Gasteiger partial charge in [0, 0.05) is 6.54 Å². The molecule has 0 aromatic heterocycles. The number of likely N-dealkylation sites (tertiary alicyclic amines) is 1. The SMILES string of the molecule is C#CCO[C@@H]1CCN(C(=O)OC(C)(C)C)C[C@H]1F. The third-order valence-electron chi connectivity index (χ3n) is 2.51. The maximum absolute atomic E-state index is 13.8. The summed E-state index contributed by atoms with van der Waals surface area (Å²) in [6.45, 7) is 5.84. The summed E-state index contributed by atoms with van der Waals surface area (Å²) in [4.78, 5) is 13.1. The number of halogens is 1. The molecule has 0 aromatic carbocycles. The van der Waals surface area contributed by atoms with Crippen LogP contribution in [0.25, 0.3) is 0 Å². The van der Waals surface area contributed by atoms with Gasteiger partial charge < -0.3 is 14.4 Å². The summed E-state index contributed by atoms with van der Waals surface area (Å²) >= 11 is 0. The second kappa shape index (κ2) is 6.05. The van der Waals surface area contributed by atoms with Crippen molar-refractivity contribution in [2.75, 3.05) is 19.7 Å². The molecule has 1 saturated heterocycles. The van der Waals surface area contributed by atoms with Crippen molar-refractivity contribution in [1.82, 2.24) is 4.90 Å². The molecule has 1 rings (SSSR count). The molecule has 18 heavy (non-hydrogen) atoms. The number of rotatable bonds is 2. The predicted octanol–water partition coefficient (Wildman–Crippen LogP) is 1.98. The molecule has 0 aromatic rings. The zero-order valence-electron chi connectivity index (χ0n) is 11.1. The van der Waals surface area contributed by atoms with Crippen LogP contribution >= 0.6 is 0 Å². The Morgan fingerprint density at radius 2 is 2.22 bits per heavy atom. The second-order valence-electron chi connectivity index (χ2n) is 5.28. The first-order valence-corrected chi connectivity index (χ1v) is 6.00.